The Bertz CT molecular complexity index is 5150. The van der Waals surface area contributed by atoms with E-state index in [2.05, 4.69) is 0 Å². The topological polar surface area (TPSA) is 292 Å². The van der Waals surface area contributed by atoms with Crippen molar-refractivity contribution in [1.29, 1.82) is 0 Å². The molecule has 11 aromatic carbocycles. The van der Waals surface area contributed by atoms with Crippen molar-refractivity contribution in [1.82, 2.24) is 0 Å². The fraction of sp³-hybridized carbons (Fsp3) is 0.297. The minimum Gasteiger partial charge on any atom is -0.459 e. The molecule has 4 fully saturated rings. The van der Waals surface area contributed by atoms with Crippen LogP contribution in [0.15, 0.2) is 334 Å². The van der Waals surface area contributed by atoms with Gasteiger partial charge in [0.15, 0.2) is 49.6 Å². The van der Waals surface area contributed by atoms with E-state index >= 15 is 9.59 Å². The SMILES string of the molecule is C[C@@H]1O[C@@H](O[C@@H]2[C@@H](OC(=O)c3ccccc3)[C@H](O)O[C@H](COC(=O)c3ccccc3)[C@@H]2OC(=O)c2ccccc2)[C@H](OC(=O)c2ccccc2)[C@H](OC(=O)c2ccccc2)[C@H]1O[C@H]1O[C@H](COCc2ccccc2)[C@@H](OCc2ccccc2)[C@H](O)[C@@H]1O[C@H]1O[C@H](COCc2ccccc2)[C@H](OCc2ccccc2)[C@H](OCc2ccccc2)[C@H]1OCc1ccccc1. The normalized spacial score (nSPS) is 25.9. The Balaban J connectivity index is 0.863. The molecule has 4 heterocycles. The van der Waals surface area contributed by atoms with Gasteiger partial charge in [-0.25, -0.2) is 24.0 Å². The van der Waals surface area contributed by atoms with Crippen LogP contribution in [-0.4, -0.2) is 183 Å². The molecule has 0 unspecified atom stereocenters. The van der Waals surface area contributed by atoms with Crippen molar-refractivity contribution < 1.29 is 119 Å². The van der Waals surface area contributed by atoms with Crippen LogP contribution in [0, 0.1) is 0 Å². The van der Waals surface area contributed by atoms with Crippen molar-refractivity contribution in [2.24, 2.45) is 0 Å². The first-order chi connectivity index (χ1) is 61.8. The lowest BCUT2D eigenvalue weighted by atomic mass is 9.95. The third-order valence-electron chi connectivity index (χ3n) is 21.7. The molecule has 25 nitrogen and oxygen atoms in total. The van der Waals surface area contributed by atoms with Gasteiger partial charge in [-0.2, -0.15) is 0 Å². The smallest absolute Gasteiger partial charge is 0.338 e. The van der Waals surface area contributed by atoms with Gasteiger partial charge in [-0.1, -0.05) is 273 Å². The first-order valence-corrected chi connectivity index (χ1v) is 41.9. The zero-order valence-corrected chi connectivity index (χ0v) is 68.9. The van der Waals surface area contributed by atoms with E-state index in [0.717, 1.165) is 33.4 Å². The second-order valence-corrected chi connectivity index (χ2v) is 30.6. The second kappa shape index (κ2) is 44.9. The van der Waals surface area contributed by atoms with Gasteiger partial charge in [0.2, 0.25) is 0 Å². The molecule has 15 rings (SSSR count). The molecule has 652 valence electrons. The molecule has 0 amide bonds. The number of carbonyl (C=O) groups excluding carboxylic acids is 5. The molecule has 0 saturated carbocycles. The maximum Gasteiger partial charge on any atom is 0.338 e. The Morgan fingerprint density at radius 2 is 0.540 bits per heavy atom. The molecule has 0 aromatic heterocycles. The number of hydrogen-bond donors (Lipinski definition) is 2. The predicted octanol–water partition coefficient (Wildman–Crippen LogP) is 13.9. The Hall–Kier alpha value is -11.8. The van der Waals surface area contributed by atoms with Crippen LogP contribution in [0.1, 0.15) is 92.1 Å². The van der Waals surface area contributed by atoms with Crippen molar-refractivity contribution in [3.63, 3.8) is 0 Å². The lowest BCUT2D eigenvalue weighted by Gasteiger charge is -2.51. The largest absolute Gasteiger partial charge is 0.459 e. The van der Waals surface area contributed by atoms with E-state index in [-0.39, 0.29) is 80.7 Å². The number of aliphatic hydroxyl groups excluding tert-OH is 2. The summed E-state index contributed by atoms with van der Waals surface area (Å²) in [6.45, 7) is 0.673. The Morgan fingerprint density at radius 1 is 0.254 bits per heavy atom. The summed E-state index contributed by atoms with van der Waals surface area (Å²) in [6, 6.07) is 96.4. The van der Waals surface area contributed by atoms with Crippen molar-refractivity contribution >= 4 is 29.8 Å². The number of rotatable bonds is 37. The summed E-state index contributed by atoms with van der Waals surface area (Å²) in [7, 11) is 0. The van der Waals surface area contributed by atoms with Crippen molar-refractivity contribution in [2.75, 3.05) is 19.8 Å². The number of ether oxygens (including phenoxy) is 18. The van der Waals surface area contributed by atoms with Crippen LogP contribution in [0.5, 0.6) is 0 Å². The number of aliphatic hydroxyl groups is 2. The molecular weight excluding hydrogens is 1610 g/mol. The van der Waals surface area contributed by atoms with Gasteiger partial charge in [0.05, 0.1) is 86.8 Å². The Kier molecular flexibility index (Phi) is 31.7. The molecular formula is C101H98O25. The number of carbonyl (C=O) groups is 5. The molecule has 11 aromatic rings. The summed E-state index contributed by atoms with van der Waals surface area (Å²) in [4.78, 5) is 74.3. The lowest BCUT2D eigenvalue weighted by Crippen LogP contribution is -2.68. The predicted molar refractivity (Wildman–Crippen MR) is 455 cm³/mol. The van der Waals surface area contributed by atoms with Crippen LogP contribution in [0.4, 0.5) is 0 Å². The van der Waals surface area contributed by atoms with Crippen LogP contribution >= 0.6 is 0 Å². The quantitative estimate of drug-likeness (QED) is 0.0270. The standard InChI is InChI=1S/C101H98O25/c1-66-82(88(121-95(105)75-51-29-10-30-52-75)92(123-97(107)77-55-33-12-34-56-77)101(116-66)126-89-85(120-94(104)74-49-27-9-28-50-74)80(65-115-93(103)73-47-25-8-26-48-73)117-98(108)90(89)122-96(106)76-53-31-11-32-54-76)124-99-86(81(102)83(111-59-69-39-17-4-18-40-69)78(118-99)63-109-57-67-35-13-2-14-36-67)125-100-91(114-62-72-45-23-7-24-46-72)87(113-61-71-43-21-6-22-44-71)84(112-60-70-41-19-5-20-42-70)79(119-100)64-110-58-68-37-15-3-16-38-68/h2-56,66,78-92,98-102,108H,57-65H2,1H3/t66-,78+,79+,80+,81-,82-,83+,84-,85-,86-,87-,88+,89-,90+,91+,92+,98+,99+,100+,101-/m0/s1. The highest BCUT2D eigenvalue weighted by Gasteiger charge is 2.60. The van der Waals surface area contributed by atoms with E-state index in [4.69, 9.17) is 85.3 Å². The van der Waals surface area contributed by atoms with Gasteiger partial charge in [-0.3, -0.25) is 0 Å². The van der Waals surface area contributed by atoms with E-state index in [1.807, 2.05) is 182 Å². The summed E-state index contributed by atoms with van der Waals surface area (Å²) in [5.41, 5.74) is 4.98. The van der Waals surface area contributed by atoms with Crippen molar-refractivity contribution in [3.05, 3.63) is 395 Å². The monoisotopic (exact) mass is 1710 g/mol. The number of benzene rings is 11. The van der Waals surface area contributed by atoms with Crippen LogP contribution in [0.3, 0.4) is 0 Å². The first-order valence-electron chi connectivity index (χ1n) is 41.9. The number of esters is 5. The van der Waals surface area contributed by atoms with E-state index in [1.165, 1.54) is 67.6 Å². The van der Waals surface area contributed by atoms with Gasteiger partial charge >= 0.3 is 29.8 Å². The molecule has 126 heavy (non-hydrogen) atoms. The van der Waals surface area contributed by atoms with Crippen LogP contribution in [0.2, 0.25) is 0 Å². The summed E-state index contributed by atoms with van der Waals surface area (Å²) < 4.78 is 124. The third kappa shape index (κ3) is 23.8. The Morgan fingerprint density at radius 3 is 0.944 bits per heavy atom. The molecule has 20 atom stereocenters. The summed E-state index contributed by atoms with van der Waals surface area (Å²) in [5.74, 6) is -4.85. The van der Waals surface area contributed by atoms with Crippen LogP contribution in [-0.2, 0) is 125 Å². The van der Waals surface area contributed by atoms with E-state index in [0.29, 0.717) is 0 Å². The molecule has 4 aliphatic rings. The molecule has 4 aliphatic heterocycles. The molecule has 25 heteroatoms. The zero-order chi connectivity index (χ0) is 86.8. The molecule has 2 N–H and O–H groups in total. The maximum atomic E-state index is 15.5. The highest BCUT2D eigenvalue weighted by atomic mass is 16.8. The van der Waals surface area contributed by atoms with Gasteiger partial charge < -0.3 is 95.5 Å². The molecule has 4 saturated heterocycles. The van der Waals surface area contributed by atoms with Crippen molar-refractivity contribution in [3.8, 4) is 0 Å². The van der Waals surface area contributed by atoms with Gasteiger partial charge in [0.1, 0.15) is 73.8 Å². The van der Waals surface area contributed by atoms with Crippen LogP contribution in [0.25, 0.3) is 0 Å². The molecule has 0 aliphatic carbocycles. The molecule has 0 bridgehead atoms. The second-order valence-electron chi connectivity index (χ2n) is 30.6. The molecule has 0 radical (unpaired) electrons. The van der Waals surface area contributed by atoms with E-state index in [1.54, 1.807) is 91.0 Å². The highest BCUT2D eigenvalue weighted by Crippen LogP contribution is 2.41. The third-order valence-corrected chi connectivity index (χ3v) is 21.7. The van der Waals surface area contributed by atoms with Gasteiger partial charge in [0.25, 0.3) is 0 Å². The van der Waals surface area contributed by atoms with Crippen molar-refractivity contribution in [2.45, 2.75) is 169 Å². The van der Waals surface area contributed by atoms with Gasteiger partial charge in [-0.15, -0.1) is 0 Å². The zero-order valence-electron chi connectivity index (χ0n) is 68.9. The van der Waals surface area contributed by atoms with E-state index in [9.17, 15) is 24.6 Å². The van der Waals surface area contributed by atoms with Crippen LogP contribution < -0.4 is 0 Å². The fourth-order valence-electron chi connectivity index (χ4n) is 15.3. The minimum atomic E-state index is -2.19. The fourth-order valence-corrected chi connectivity index (χ4v) is 15.3. The lowest BCUT2D eigenvalue weighted by molar-refractivity contribution is -0.398. The number of hydrogen-bond acceptors (Lipinski definition) is 25. The highest BCUT2D eigenvalue weighted by molar-refractivity contribution is 5.92. The summed E-state index contributed by atoms with van der Waals surface area (Å²) in [5, 5.41) is 26.5. The van der Waals surface area contributed by atoms with Gasteiger partial charge in [-0.05, 0) is 101 Å². The first kappa shape index (κ1) is 89.0. The summed E-state index contributed by atoms with van der Waals surface area (Å²) in [6.07, 6.45) is -33.0. The van der Waals surface area contributed by atoms with E-state index < -0.39 is 159 Å². The minimum absolute atomic E-state index is 0.00731. The average Bonchev–Trinajstić information content (AvgIpc) is 0.757. The average molecular weight is 1710 g/mol. The van der Waals surface area contributed by atoms with Gasteiger partial charge in [0, 0.05) is 0 Å². The molecule has 0 spiro atoms. The Labute approximate surface area is 729 Å². The summed E-state index contributed by atoms with van der Waals surface area (Å²) >= 11 is 0. The maximum absolute atomic E-state index is 15.5.